The number of fused-ring (bicyclic) bond motifs is 7. The maximum atomic E-state index is 13.8. The summed E-state index contributed by atoms with van der Waals surface area (Å²) >= 11 is 0. The normalized spacial score (nSPS) is 55.2. The molecule has 0 aromatic rings. The first kappa shape index (κ1) is 24.2. The van der Waals surface area contributed by atoms with Gasteiger partial charge in [0, 0.05) is 25.4 Å². The highest BCUT2D eigenvalue weighted by Gasteiger charge is 2.70. The predicted octanol–water partition coefficient (Wildman–Crippen LogP) is 4.92. The average molecular weight is 489 g/mol. The van der Waals surface area contributed by atoms with Crippen LogP contribution >= 0.6 is 0 Å². The molecule has 0 radical (unpaired) electrons. The Morgan fingerprint density at radius 3 is 2.54 bits per heavy atom. The molecule has 3 aliphatic carbocycles. The molecule has 3 saturated heterocycles. The number of rotatable bonds is 2. The molecule has 6 aliphatic rings. The first-order valence-corrected chi connectivity index (χ1v) is 14.3. The lowest BCUT2D eigenvalue weighted by Gasteiger charge is -2.59. The lowest BCUT2D eigenvalue weighted by atomic mass is 9.48. The Morgan fingerprint density at radius 2 is 1.83 bits per heavy atom. The summed E-state index contributed by atoms with van der Waals surface area (Å²) in [4.78, 5) is 25.4. The highest BCUT2D eigenvalue weighted by molar-refractivity contribution is 5.76. The van der Waals surface area contributed by atoms with Gasteiger partial charge in [0.15, 0.2) is 0 Å². The van der Waals surface area contributed by atoms with Crippen LogP contribution in [0.3, 0.4) is 0 Å². The maximum Gasteiger partial charge on any atom is 0.310 e. The second-order valence-corrected chi connectivity index (χ2v) is 13.5. The SMILES string of the molecule is CC(=O)O[C@H]1CC[C@@]2(C)[C@@H](CC[C@H]3[C@H]2C(=O)O[C@]2(C)[C@@H]4[C@@H](C)[C@@H]([C@@H]5CC[C@@H](C)CO5)O[C@H]4C[C@@H]32)C1. The van der Waals surface area contributed by atoms with Gasteiger partial charge in [-0.05, 0) is 87.4 Å². The molecule has 3 heterocycles. The molecular weight excluding hydrogens is 444 g/mol. The van der Waals surface area contributed by atoms with Crippen LogP contribution in [0.4, 0.5) is 0 Å². The molecule has 6 fully saturated rings. The summed E-state index contributed by atoms with van der Waals surface area (Å²) in [6, 6.07) is 0. The van der Waals surface area contributed by atoms with Gasteiger partial charge in [-0.2, -0.15) is 0 Å². The average Bonchev–Trinajstić information content (AvgIpc) is 3.27. The molecular formula is C29H44O6. The van der Waals surface area contributed by atoms with Gasteiger partial charge in [0.1, 0.15) is 11.7 Å². The Labute approximate surface area is 210 Å². The molecule has 0 spiro atoms. The maximum absolute atomic E-state index is 13.8. The molecule has 3 saturated carbocycles. The largest absolute Gasteiger partial charge is 0.463 e. The van der Waals surface area contributed by atoms with Crippen molar-refractivity contribution >= 4 is 11.9 Å². The Kier molecular flexibility index (Phi) is 5.84. The summed E-state index contributed by atoms with van der Waals surface area (Å²) < 4.78 is 25.1. The number of hydrogen-bond acceptors (Lipinski definition) is 6. The second kappa shape index (κ2) is 8.44. The van der Waals surface area contributed by atoms with Gasteiger partial charge >= 0.3 is 11.9 Å². The molecule has 13 atom stereocenters. The van der Waals surface area contributed by atoms with Crippen LogP contribution in [0, 0.1) is 46.8 Å². The monoisotopic (exact) mass is 488 g/mol. The number of esters is 2. The molecule has 0 aromatic carbocycles. The van der Waals surface area contributed by atoms with E-state index in [9.17, 15) is 9.59 Å². The highest BCUT2D eigenvalue weighted by atomic mass is 16.6. The van der Waals surface area contributed by atoms with Crippen molar-refractivity contribution < 1.29 is 28.5 Å². The first-order chi connectivity index (χ1) is 16.6. The van der Waals surface area contributed by atoms with Gasteiger partial charge in [-0.3, -0.25) is 9.59 Å². The molecule has 6 nitrogen and oxygen atoms in total. The van der Waals surface area contributed by atoms with Gasteiger partial charge in [0.05, 0.1) is 24.2 Å². The van der Waals surface area contributed by atoms with Crippen molar-refractivity contribution in [3.05, 3.63) is 0 Å². The van der Waals surface area contributed by atoms with Crippen LogP contribution in [-0.2, 0) is 28.5 Å². The third-order valence-corrected chi connectivity index (χ3v) is 11.5. The smallest absolute Gasteiger partial charge is 0.310 e. The number of ether oxygens (including phenoxy) is 4. The summed E-state index contributed by atoms with van der Waals surface area (Å²) in [6.07, 6.45) is 8.51. The zero-order valence-corrected chi connectivity index (χ0v) is 22.2. The van der Waals surface area contributed by atoms with E-state index in [-0.39, 0.29) is 53.6 Å². The van der Waals surface area contributed by atoms with Crippen LogP contribution in [-0.4, -0.2) is 48.6 Å². The zero-order valence-electron chi connectivity index (χ0n) is 22.2. The van der Waals surface area contributed by atoms with E-state index in [1.807, 2.05) is 0 Å². The van der Waals surface area contributed by atoms with E-state index in [0.29, 0.717) is 29.6 Å². The van der Waals surface area contributed by atoms with Crippen LogP contribution in [0.25, 0.3) is 0 Å². The minimum Gasteiger partial charge on any atom is -0.463 e. The van der Waals surface area contributed by atoms with E-state index in [1.54, 1.807) is 0 Å². The second-order valence-electron chi connectivity index (χ2n) is 13.5. The summed E-state index contributed by atoms with van der Waals surface area (Å²) in [5, 5.41) is 0. The minimum absolute atomic E-state index is 0.00554. The molecule has 0 unspecified atom stereocenters. The van der Waals surface area contributed by atoms with Gasteiger partial charge in [-0.1, -0.05) is 20.8 Å². The molecule has 0 amide bonds. The van der Waals surface area contributed by atoms with Gasteiger partial charge in [0.2, 0.25) is 0 Å². The fourth-order valence-electron chi connectivity index (χ4n) is 9.90. The van der Waals surface area contributed by atoms with Crippen LogP contribution in [0.2, 0.25) is 0 Å². The van der Waals surface area contributed by atoms with Crippen LogP contribution in [0.15, 0.2) is 0 Å². The van der Waals surface area contributed by atoms with Crippen LogP contribution < -0.4 is 0 Å². The van der Waals surface area contributed by atoms with Gasteiger partial charge in [-0.25, -0.2) is 0 Å². The molecule has 196 valence electrons. The molecule has 6 rings (SSSR count). The van der Waals surface area contributed by atoms with Crippen LogP contribution in [0.5, 0.6) is 0 Å². The lowest BCUT2D eigenvalue weighted by molar-refractivity contribution is -0.221. The van der Waals surface area contributed by atoms with Gasteiger partial charge in [0.25, 0.3) is 0 Å². The molecule has 0 N–H and O–H groups in total. The Morgan fingerprint density at radius 1 is 1.03 bits per heavy atom. The molecule has 3 aliphatic heterocycles. The van der Waals surface area contributed by atoms with Gasteiger partial charge < -0.3 is 18.9 Å². The standard InChI is InChI=1S/C29H44O6/c1-15-6-9-22(32-14-15)26-16(2)24-23(34-26)13-21-20-8-7-18-12-19(33-17(3)30)10-11-28(18,4)25(20)27(31)35-29(21,24)5/h15-16,18-26H,6-14H2,1-5H3/t15-,16-,18+,19+,20-,21+,22+,23+,24-,25+,26+,28+,29+/m1/s1. The van der Waals surface area contributed by atoms with Crippen LogP contribution in [0.1, 0.15) is 86.0 Å². The van der Waals surface area contributed by atoms with Crippen molar-refractivity contribution in [2.24, 2.45) is 46.8 Å². The Balaban J connectivity index is 1.21. The van der Waals surface area contributed by atoms with Crippen molar-refractivity contribution in [1.29, 1.82) is 0 Å². The van der Waals surface area contributed by atoms with E-state index in [0.717, 1.165) is 51.6 Å². The molecule has 0 bridgehead atoms. The fraction of sp³-hybridized carbons (Fsp3) is 0.931. The number of carbonyl (C=O) groups is 2. The van der Waals surface area contributed by atoms with Crippen molar-refractivity contribution in [2.75, 3.05) is 6.61 Å². The number of hydrogen-bond donors (Lipinski definition) is 0. The lowest BCUT2D eigenvalue weighted by Crippen LogP contribution is -2.61. The van der Waals surface area contributed by atoms with Gasteiger partial charge in [-0.15, -0.1) is 0 Å². The molecule has 35 heavy (non-hydrogen) atoms. The highest BCUT2D eigenvalue weighted by Crippen LogP contribution is 2.66. The minimum atomic E-state index is -0.447. The summed E-state index contributed by atoms with van der Waals surface area (Å²) in [7, 11) is 0. The third-order valence-electron chi connectivity index (χ3n) is 11.5. The van der Waals surface area contributed by atoms with E-state index >= 15 is 0 Å². The Hall–Kier alpha value is -1.14. The van der Waals surface area contributed by atoms with E-state index in [4.69, 9.17) is 18.9 Å². The fourth-order valence-corrected chi connectivity index (χ4v) is 9.90. The van der Waals surface area contributed by atoms with E-state index < -0.39 is 5.60 Å². The Bertz CT molecular complexity index is 865. The van der Waals surface area contributed by atoms with Crippen molar-refractivity contribution in [2.45, 2.75) is 116 Å². The van der Waals surface area contributed by atoms with Crippen molar-refractivity contribution in [3.8, 4) is 0 Å². The number of carbonyl (C=O) groups excluding carboxylic acids is 2. The molecule has 6 heteroatoms. The predicted molar refractivity (Wildman–Crippen MR) is 129 cm³/mol. The topological polar surface area (TPSA) is 71.1 Å². The van der Waals surface area contributed by atoms with E-state index in [2.05, 4.69) is 27.7 Å². The summed E-state index contributed by atoms with van der Waals surface area (Å²) in [5.74, 6) is 2.10. The zero-order chi connectivity index (χ0) is 24.7. The van der Waals surface area contributed by atoms with Crippen molar-refractivity contribution in [3.63, 3.8) is 0 Å². The summed E-state index contributed by atoms with van der Waals surface area (Å²) in [5.41, 5.74) is -0.519. The quantitative estimate of drug-likeness (QED) is 0.514. The van der Waals surface area contributed by atoms with E-state index in [1.165, 1.54) is 13.3 Å². The van der Waals surface area contributed by atoms with Crippen molar-refractivity contribution in [1.82, 2.24) is 0 Å². The molecule has 0 aromatic heterocycles. The first-order valence-electron chi connectivity index (χ1n) is 14.3. The summed E-state index contributed by atoms with van der Waals surface area (Å²) in [6.45, 7) is 11.4. The third kappa shape index (κ3) is 3.63.